The van der Waals surface area contributed by atoms with E-state index < -0.39 is 0 Å². The number of nitrogens with zero attached hydrogens (tertiary/aromatic N) is 4. The van der Waals surface area contributed by atoms with E-state index in [1.54, 1.807) is 0 Å². The molecule has 2 heterocycles. The lowest BCUT2D eigenvalue weighted by molar-refractivity contribution is -0.134. The van der Waals surface area contributed by atoms with Crippen molar-refractivity contribution in [3.8, 4) is 0 Å². The summed E-state index contributed by atoms with van der Waals surface area (Å²) in [5, 5.41) is 0. The lowest BCUT2D eigenvalue weighted by Gasteiger charge is -2.39. The molecule has 1 atom stereocenters. The zero-order valence-electron chi connectivity index (χ0n) is 13.9. The lowest BCUT2D eigenvalue weighted by atomic mass is 10.1. The lowest BCUT2D eigenvalue weighted by Crippen LogP contribution is -2.49. The number of benzene rings is 1. The zero-order chi connectivity index (χ0) is 16.2. The molecule has 0 aliphatic carbocycles. The van der Waals surface area contributed by atoms with E-state index in [9.17, 15) is 4.79 Å². The molecular formula is C18H24N4O. The molecule has 1 aromatic carbocycles. The van der Waals surface area contributed by atoms with E-state index >= 15 is 0 Å². The number of piperazine rings is 1. The third kappa shape index (κ3) is 3.62. The number of aryl methyl sites for hydroxylation is 2. The summed E-state index contributed by atoms with van der Waals surface area (Å²) in [5.74, 6) is 1.26. The van der Waals surface area contributed by atoms with Crippen molar-refractivity contribution in [3.05, 3.63) is 54.1 Å². The van der Waals surface area contributed by atoms with Crippen LogP contribution in [0.4, 0.5) is 0 Å². The van der Waals surface area contributed by atoms with Gasteiger partial charge in [-0.25, -0.2) is 4.98 Å². The number of amides is 1. The fourth-order valence-electron chi connectivity index (χ4n) is 3.13. The van der Waals surface area contributed by atoms with Gasteiger partial charge in [-0.15, -0.1) is 0 Å². The normalized spacial score (nSPS) is 19.0. The summed E-state index contributed by atoms with van der Waals surface area (Å²) in [7, 11) is 4.11. The van der Waals surface area contributed by atoms with Crippen LogP contribution >= 0.6 is 0 Å². The van der Waals surface area contributed by atoms with E-state index in [1.807, 2.05) is 47.1 Å². The van der Waals surface area contributed by atoms with E-state index in [2.05, 4.69) is 29.1 Å². The van der Waals surface area contributed by atoms with Gasteiger partial charge in [0.1, 0.15) is 5.82 Å². The van der Waals surface area contributed by atoms with Crippen LogP contribution in [-0.4, -0.2) is 51.9 Å². The summed E-state index contributed by atoms with van der Waals surface area (Å²) in [4.78, 5) is 21.3. The van der Waals surface area contributed by atoms with Crippen molar-refractivity contribution < 1.29 is 4.79 Å². The van der Waals surface area contributed by atoms with Crippen molar-refractivity contribution in [2.45, 2.75) is 18.9 Å². The maximum Gasteiger partial charge on any atom is 0.223 e. The Balaban J connectivity index is 1.62. The number of aromatic nitrogens is 2. The van der Waals surface area contributed by atoms with Gasteiger partial charge in [0.25, 0.3) is 0 Å². The standard InChI is InChI=1S/C18H24N4O/c1-20-12-13-22(14-16(20)18-19-10-11-21(18)2)17(23)9-8-15-6-4-3-5-7-15/h3-7,10-11,16H,8-9,12-14H2,1-2H3/t16-/m1/s1. The van der Waals surface area contributed by atoms with Gasteiger partial charge in [-0.05, 0) is 19.0 Å². The van der Waals surface area contributed by atoms with Crippen molar-refractivity contribution in [1.29, 1.82) is 0 Å². The molecule has 1 fully saturated rings. The van der Waals surface area contributed by atoms with Crippen LogP contribution in [0.3, 0.4) is 0 Å². The van der Waals surface area contributed by atoms with Crippen LogP contribution in [0.25, 0.3) is 0 Å². The number of rotatable bonds is 4. The summed E-state index contributed by atoms with van der Waals surface area (Å²) < 4.78 is 2.04. The first-order chi connectivity index (χ1) is 11.1. The van der Waals surface area contributed by atoms with Crippen molar-refractivity contribution >= 4 is 5.91 Å². The number of carbonyl (C=O) groups excluding carboxylic acids is 1. The highest BCUT2D eigenvalue weighted by Gasteiger charge is 2.30. The molecule has 3 rings (SSSR count). The molecule has 1 aliphatic rings. The van der Waals surface area contributed by atoms with Gasteiger partial charge in [0.05, 0.1) is 6.04 Å². The first kappa shape index (κ1) is 15.7. The van der Waals surface area contributed by atoms with Crippen molar-refractivity contribution in [2.24, 2.45) is 7.05 Å². The SMILES string of the molecule is CN1CCN(C(=O)CCc2ccccc2)C[C@@H]1c1nccn1C. The molecule has 1 saturated heterocycles. The second-order valence-corrected chi connectivity index (χ2v) is 6.22. The second-order valence-electron chi connectivity index (χ2n) is 6.22. The van der Waals surface area contributed by atoms with E-state index in [-0.39, 0.29) is 11.9 Å². The molecule has 1 amide bonds. The number of hydrogen-bond donors (Lipinski definition) is 0. The van der Waals surface area contributed by atoms with E-state index in [0.717, 1.165) is 31.9 Å². The molecule has 1 aromatic heterocycles. The Hall–Kier alpha value is -2.14. The second kappa shape index (κ2) is 6.96. The highest BCUT2D eigenvalue weighted by molar-refractivity contribution is 5.76. The van der Waals surface area contributed by atoms with Crippen molar-refractivity contribution in [2.75, 3.05) is 26.7 Å². The van der Waals surface area contributed by atoms with Crippen LogP contribution in [0.2, 0.25) is 0 Å². The van der Waals surface area contributed by atoms with Gasteiger partial charge in [0.15, 0.2) is 0 Å². The van der Waals surface area contributed by atoms with E-state index in [1.165, 1.54) is 5.56 Å². The van der Waals surface area contributed by atoms with E-state index in [4.69, 9.17) is 0 Å². The molecule has 5 heteroatoms. The summed E-state index contributed by atoms with van der Waals surface area (Å²) in [6.45, 7) is 2.40. The minimum Gasteiger partial charge on any atom is -0.339 e. The van der Waals surface area contributed by atoms with Gasteiger partial charge in [-0.1, -0.05) is 30.3 Å². The Morgan fingerprint density at radius 2 is 2.00 bits per heavy atom. The van der Waals surface area contributed by atoms with Crippen LogP contribution in [-0.2, 0) is 18.3 Å². The molecule has 0 saturated carbocycles. The monoisotopic (exact) mass is 312 g/mol. The van der Waals surface area contributed by atoms with Gasteiger partial charge in [0, 0.05) is 45.5 Å². The van der Waals surface area contributed by atoms with Gasteiger partial charge in [-0.3, -0.25) is 9.69 Å². The molecule has 0 spiro atoms. The molecule has 1 aliphatic heterocycles. The Kier molecular flexibility index (Phi) is 4.76. The molecule has 0 N–H and O–H groups in total. The third-order valence-electron chi connectivity index (χ3n) is 4.63. The first-order valence-corrected chi connectivity index (χ1v) is 8.14. The third-order valence-corrected chi connectivity index (χ3v) is 4.63. The Morgan fingerprint density at radius 3 is 2.70 bits per heavy atom. The predicted octanol–water partition coefficient (Wildman–Crippen LogP) is 1.87. The minimum atomic E-state index is 0.171. The highest BCUT2D eigenvalue weighted by atomic mass is 16.2. The number of hydrogen-bond acceptors (Lipinski definition) is 3. The molecule has 0 unspecified atom stereocenters. The average molecular weight is 312 g/mol. The first-order valence-electron chi connectivity index (χ1n) is 8.14. The summed E-state index contributed by atoms with van der Waals surface area (Å²) in [5.41, 5.74) is 1.22. The van der Waals surface area contributed by atoms with Crippen LogP contribution in [0.1, 0.15) is 23.9 Å². The summed E-state index contributed by atoms with van der Waals surface area (Å²) in [6.07, 6.45) is 5.15. The topological polar surface area (TPSA) is 41.4 Å². The molecule has 2 aromatic rings. The van der Waals surface area contributed by atoms with Gasteiger partial charge in [0.2, 0.25) is 5.91 Å². The number of likely N-dealkylation sites (N-methyl/N-ethyl adjacent to an activating group) is 1. The van der Waals surface area contributed by atoms with Crippen LogP contribution in [0.15, 0.2) is 42.7 Å². The zero-order valence-corrected chi connectivity index (χ0v) is 13.9. The maximum absolute atomic E-state index is 12.6. The van der Waals surface area contributed by atoms with Crippen LogP contribution in [0, 0.1) is 0 Å². The molecule has 0 bridgehead atoms. The van der Waals surface area contributed by atoms with E-state index in [0.29, 0.717) is 6.42 Å². The quantitative estimate of drug-likeness (QED) is 0.865. The minimum absolute atomic E-state index is 0.171. The largest absolute Gasteiger partial charge is 0.339 e. The number of carbonyl (C=O) groups is 1. The Bertz CT molecular complexity index is 652. The summed E-state index contributed by atoms with van der Waals surface area (Å²) >= 11 is 0. The fourth-order valence-corrected chi connectivity index (χ4v) is 3.13. The van der Waals surface area contributed by atoms with Crippen molar-refractivity contribution in [3.63, 3.8) is 0 Å². The Morgan fingerprint density at radius 1 is 1.22 bits per heavy atom. The number of imidazole rings is 1. The molecule has 122 valence electrons. The fraction of sp³-hybridized carbons (Fsp3) is 0.444. The molecule has 0 radical (unpaired) electrons. The predicted molar refractivity (Wildman–Crippen MR) is 89.9 cm³/mol. The van der Waals surface area contributed by atoms with Crippen molar-refractivity contribution in [1.82, 2.24) is 19.4 Å². The van der Waals surface area contributed by atoms with Gasteiger partial charge >= 0.3 is 0 Å². The highest BCUT2D eigenvalue weighted by Crippen LogP contribution is 2.23. The average Bonchev–Trinajstić information content (AvgIpc) is 3.00. The summed E-state index contributed by atoms with van der Waals surface area (Å²) in [6, 6.07) is 10.4. The van der Waals surface area contributed by atoms with Gasteiger partial charge in [-0.2, -0.15) is 0 Å². The Labute approximate surface area is 137 Å². The van der Waals surface area contributed by atoms with Crippen LogP contribution < -0.4 is 0 Å². The molecule has 5 nitrogen and oxygen atoms in total. The van der Waals surface area contributed by atoms with Gasteiger partial charge < -0.3 is 9.47 Å². The van der Waals surface area contributed by atoms with Crippen LogP contribution in [0.5, 0.6) is 0 Å². The molecular weight excluding hydrogens is 288 g/mol. The molecule has 23 heavy (non-hydrogen) atoms. The smallest absolute Gasteiger partial charge is 0.223 e. The maximum atomic E-state index is 12.6.